The molecule has 0 fully saturated rings. The first-order valence-corrected chi connectivity index (χ1v) is 7.20. The molecule has 0 saturated carbocycles. The number of benzene rings is 1. The molecule has 3 rings (SSSR count). The van der Waals surface area contributed by atoms with Crippen LogP contribution in [-0.2, 0) is 0 Å². The van der Waals surface area contributed by atoms with E-state index in [4.69, 9.17) is 23.2 Å². The van der Waals surface area contributed by atoms with Gasteiger partial charge >= 0.3 is 0 Å². The van der Waals surface area contributed by atoms with Crippen molar-refractivity contribution in [1.82, 2.24) is 9.38 Å². The predicted molar refractivity (Wildman–Crippen MR) is 83.1 cm³/mol. The number of aromatic nitrogens is 2. The Kier molecular flexibility index (Phi) is 3.29. The van der Waals surface area contributed by atoms with E-state index in [1.165, 1.54) is 0 Å². The lowest BCUT2D eigenvalue weighted by atomic mass is 10.2. The molecule has 0 bridgehead atoms. The molecule has 2 nitrogen and oxygen atoms in total. The second-order valence-electron chi connectivity index (χ2n) is 4.28. The molecule has 3 aromatic rings. The van der Waals surface area contributed by atoms with E-state index in [9.17, 15) is 0 Å². The van der Waals surface area contributed by atoms with Gasteiger partial charge in [-0.15, -0.1) is 0 Å². The van der Waals surface area contributed by atoms with Crippen LogP contribution < -0.4 is 0 Å². The molecule has 0 aliphatic carbocycles. The van der Waals surface area contributed by atoms with Gasteiger partial charge < -0.3 is 4.40 Å². The highest BCUT2D eigenvalue weighted by atomic mass is 79.9. The summed E-state index contributed by atoms with van der Waals surface area (Å²) in [6.07, 6.45) is 3.75. The van der Waals surface area contributed by atoms with Gasteiger partial charge in [-0.25, -0.2) is 4.98 Å². The summed E-state index contributed by atoms with van der Waals surface area (Å²) < 4.78 is 2.87. The van der Waals surface area contributed by atoms with E-state index in [0.29, 0.717) is 10.0 Å². The second-order valence-corrected chi connectivity index (χ2v) is 5.98. The van der Waals surface area contributed by atoms with E-state index in [1.54, 1.807) is 0 Å². The molecule has 0 amide bonds. The van der Waals surface area contributed by atoms with Crippen molar-refractivity contribution >= 4 is 44.8 Å². The number of halogens is 3. The van der Waals surface area contributed by atoms with Crippen molar-refractivity contribution in [2.24, 2.45) is 0 Å². The molecule has 0 atom stereocenters. The maximum atomic E-state index is 6.29. The quantitative estimate of drug-likeness (QED) is 0.572. The van der Waals surface area contributed by atoms with Gasteiger partial charge in [0.15, 0.2) is 5.65 Å². The van der Waals surface area contributed by atoms with Crippen molar-refractivity contribution in [2.75, 3.05) is 0 Å². The number of pyridine rings is 1. The van der Waals surface area contributed by atoms with Gasteiger partial charge in [-0.05, 0) is 24.6 Å². The maximum absolute atomic E-state index is 6.29. The van der Waals surface area contributed by atoms with Crippen LogP contribution >= 0.6 is 39.1 Å². The van der Waals surface area contributed by atoms with Gasteiger partial charge in [0, 0.05) is 22.4 Å². The fraction of sp³-hybridized carbons (Fsp3) is 0.0714. The molecular weight excluding hydrogens is 347 g/mol. The molecule has 2 aromatic heterocycles. The minimum absolute atomic E-state index is 0.591. The molecule has 5 heteroatoms. The largest absolute Gasteiger partial charge is 0.304 e. The van der Waals surface area contributed by atoms with E-state index in [0.717, 1.165) is 26.9 Å². The first-order chi connectivity index (χ1) is 9.06. The summed E-state index contributed by atoms with van der Waals surface area (Å²) in [5, 5.41) is 1.23. The molecular formula is C14H9BrCl2N2. The topological polar surface area (TPSA) is 17.3 Å². The highest BCUT2D eigenvalue weighted by Crippen LogP contribution is 2.30. The number of nitrogens with zero attached hydrogens (tertiary/aromatic N) is 2. The zero-order chi connectivity index (χ0) is 13.6. The number of fused-ring (bicyclic) bond motifs is 1. The lowest BCUT2D eigenvalue weighted by Crippen LogP contribution is -1.88. The Morgan fingerprint density at radius 3 is 2.74 bits per heavy atom. The van der Waals surface area contributed by atoms with E-state index in [-0.39, 0.29) is 0 Å². The second kappa shape index (κ2) is 4.82. The number of rotatable bonds is 1. The molecule has 0 N–H and O–H groups in total. The molecule has 19 heavy (non-hydrogen) atoms. The maximum Gasteiger partial charge on any atom is 0.156 e. The van der Waals surface area contributed by atoms with Crippen molar-refractivity contribution < 1.29 is 0 Å². The van der Waals surface area contributed by atoms with Gasteiger partial charge in [0.25, 0.3) is 0 Å². The summed E-state index contributed by atoms with van der Waals surface area (Å²) in [6.45, 7) is 1.89. The molecule has 0 saturated heterocycles. The normalized spacial score (nSPS) is 11.2. The highest BCUT2D eigenvalue weighted by molar-refractivity contribution is 9.10. The zero-order valence-electron chi connectivity index (χ0n) is 9.99. The first-order valence-electron chi connectivity index (χ1n) is 5.65. The minimum atomic E-state index is 0.591. The monoisotopic (exact) mass is 354 g/mol. The van der Waals surface area contributed by atoms with Crippen LogP contribution in [-0.4, -0.2) is 9.38 Å². The third-order valence-electron chi connectivity index (χ3n) is 2.99. The molecule has 1 aromatic carbocycles. The van der Waals surface area contributed by atoms with Crippen LogP contribution in [0.3, 0.4) is 0 Å². The number of imidazole rings is 1. The first kappa shape index (κ1) is 13.0. The molecule has 96 valence electrons. The van der Waals surface area contributed by atoms with Gasteiger partial charge in [0.1, 0.15) is 0 Å². The summed E-state index contributed by atoms with van der Waals surface area (Å²) >= 11 is 15.9. The summed E-state index contributed by atoms with van der Waals surface area (Å²) in [5.74, 6) is 0. The molecule has 0 aliphatic rings. The van der Waals surface area contributed by atoms with Crippen molar-refractivity contribution in [3.63, 3.8) is 0 Å². The third kappa shape index (κ3) is 2.27. The zero-order valence-corrected chi connectivity index (χ0v) is 13.1. The van der Waals surface area contributed by atoms with Crippen LogP contribution in [0.15, 0.2) is 41.1 Å². The van der Waals surface area contributed by atoms with E-state index in [2.05, 4.69) is 20.9 Å². The summed E-state index contributed by atoms with van der Waals surface area (Å²) in [4.78, 5) is 4.58. The van der Waals surface area contributed by atoms with Crippen LogP contribution in [0.2, 0.25) is 10.0 Å². The Balaban J connectivity index is 2.25. The molecule has 0 radical (unpaired) electrons. The molecule has 0 unspecified atom stereocenters. The van der Waals surface area contributed by atoms with Gasteiger partial charge in [-0.1, -0.05) is 51.3 Å². The highest BCUT2D eigenvalue weighted by Gasteiger charge is 2.11. The Labute approximate surface area is 129 Å². The fourth-order valence-electron chi connectivity index (χ4n) is 1.93. The van der Waals surface area contributed by atoms with Crippen LogP contribution in [0.25, 0.3) is 16.9 Å². The molecule has 2 heterocycles. The average molecular weight is 356 g/mol. The third-order valence-corrected chi connectivity index (χ3v) is 4.32. The SMILES string of the molecule is Cc1c(Cl)cn2cc(-c3cccc(Br)c3)nc2c1Cl. The Morgan fingerprint density at radius 1 is 1.21 bits per heavy atom. The standard InChI is InChI=1S/C14H9BrCl2N2/c1-8-11(16)6-19-7-12(18-14(19)13(8)17)9-3-2-4-10(15)5-9/h2-7H,1H3. The molecule has 0 spiro atoms. The summed E-state index contributed by atoms with van der Waals surface area (Å²) in [5.41, 5.74) is 3.47. The lowest BCUT2D eigenvalue weighted by Gasteiger charge is -2.02. The van der Waals surface area contributed by atoms with E-state index in [1.807, 2.05) is 48.0 Å². The van der Waals surface area contributed by atoms with Gasteiger partial charge in [-0.2, -0.15) is 0 Å². The average Bonchev–Trinajstić information content (AvgIpc) is 2.80. The van der Waals surface area contributed by atoms with Crippen molar-refractivity contribution in [2.45, 2.75) is 6.92 Å². The van der Waals surface area contributed by atoms with E-state index < -0.39 is 0 Å². The van der Waals surface area contributed by atoms with Crippen LogP contribution in [0, 0.1) is 6.92 Å². The van der Waals surface area contributed by atoms with Crippen LogP contribution in [0.1, 0.15) is 5.56 Å². The Bertz CT molecular complexity index is 780. The fourth-order valence-corrected chi connectivity index (χ4v) is 2.82. The predicted octanol–water partition coefficient (Wildman–Crippen LogP) is 5.38. The van der Waals surface area contributed by atoms with Gasteiger partial charge in [-0.3, -0.25) is 0 Å². The van der Waals surface area contributed by atoms with Crippen LogP contribution in [0.5, 0.6) is 0 Å². The van der Waals surface area contributed by atoms with Gasteiger partial charge in [0.05, 0.1) is 15.7 Å². The van der Waals surface area contributed by atoms with Crippen molar-refractivity contribution in [3.05, 3.63) is 56.7 Å². The van der Waals surface area contributed by atoms with Gasteiger partial charge in [0.2, 0.25) is 0 Å². The van der Waals surface area contributed by atoms with E-state index >= 15 is 0 Å². The van der Waals surface area contributed by atoms with Crippen molar-refractivity contribution in [1.29, 1.82) is 0 Å². The van der Waals surface area contributed by atoms with Crippen molar-refractivity contribution in [3.8, 4) is 11.3 Å². The number of hydrogen-bond acceptors (Lipinski definition) is 1. The number of hydrogen-bond donors (Lipinski definition) is 0. The Morgan fingerprint density at radius 2 is 2.00 bits per heavy atom. The summed E-state index contributed by atoms with van der Waals surface area (Å²) in [6, 6.07) is 7.98. The van der Waals surface area contributed by atoms with Crippen LogP contribution in [0.4, 0.5) is 0 Å². The smallest absolute Gasteiger partial charge is 0.156 e. The molecule has 0 aliphatic heterocycles. The Hall–Kier alpha value is -1.03. The minimum Gasteiger partial charge on any atom is -0.304 e. The summed E-state index contributed by atoms with van der Waals surface area (Å²) in [7, 11) is 0. The lowest BCUT2D eigenvalue weighted by molar-refractivity contribution is 1.17.